The van der Waals surface area contributed by atoms with Crippen molar-refractivity contribution in [3.63, 3.8) is 0 Å². The first-order chi connectivity index (χ1) is 10.7. The summed E-state index contributed by atoms with van der Waals surface area (Å²) >= 11 is 0. The van der Waals surface area contributed by atoms with Gasteiger partial charge in [0.2, 0.25) is 0 Å². The van der Waals surface area contributed by atoms with Gasteiger partial charge in [-0.3, -0.25) is 9.48 Å². The first-order valence-electron chi connectivity index (χ1n) is 7.13. The molecule has 0 aliphatic rings. The summed E-state index contributed by atoms with van der Waals surface area (Å²) in [6, 6.07) is 13.5. The average molecular weight is 295 g/mol. The molecule has 0 spiro atoms. The van der Waals surface area contributed by atoms with Gasteiger partial charge < -0.3 is 9.73 Å². The Morgan fingerprint density at radius 3 is 2.82 bits per heavy atom. The first kappa shape index (κ1) is 14.1. The minimum atomic E-state index is -0.181. The maximum Gasteiger partial charge on any atom is 0.255 e. The van der Waals surface area contributed by atoms with Gasteiger partial charge in [0.25, 0.3) is 5.91 Å². The summed E-state index contributed by atoms with van der Waals surface area (Å²) < 4.78 is 7.03. The number of nitrogens with zero attached hydrogens (tertiary/aromatic N) is 2. The number of carbonyl (C=O) groups is 1. The Morgan fingerprint density at radius 1 is 1.27 bits per heavy atom. The Bertz CT molecular complexity index is 732. The molecular formula is C17H17N3O2. The predicted octanol–water partition coefficient (Wildman–Crippen LogP) is 3.02. The van der Waals surface area contributed by atoms with Crippen LogP contribution >= 0.6 is 0 Å². The number of nitrogens with one attached hydrogen (secondary N) is 1. The van der Waals surface area contributed by atoms with Crippen LogP contribution < -0.4 is 5.32 Å². The maximum absolute atomic E-state index is 12.2. The minimum absolute atomic E-state index is 0.164. The van der Waals surface area contributed by atoms with E-state index in [4.69, 9.17) is 4.42 Å². The van der Waals surface area contributed by atoms with Crippen molar-refractivity contribution in [3.8, 4) is 0 Å². The number of hydrogen-bond donors (Lipinski definition) is 1. The van der Waals surface area contributed by atoms with E-state index in [1.54, 1.807) is 29.4 Å². The van der Waals surface area contributed by atoms with Crippen LogP contribution in [0.4, 0.5) is 0 Å². The minimum Gasteiger partial charge on any atom is -0.467 e. The third-order valence-corrected chi connectivity index (χ3v) is 3.40. The molecular weight excluding hydrogens is 278 g/mol. The highest BCUT2D eigenvalue weighted by atomic mass is 16.3. The summed E-state index contributed by atoms with van der Waals surface area (Å²) in [4.78, 5) is 12.2. The van der Waals surface area contributed by atoms with Gasteiger partial charge in [0.15, 0.2) is 0 Å². The Hall–Kier alpha value is -2.82. The van der Waals surface area contributed by atoms with Gasteiger partial charge in [0, 0.05) is 6.20 Å². The van der Waals surface area contributed by atoms with Crippen molar-refractivity contribution in [3.05, 3.63) is 78.0 Å². The summed E-state index contributed by atoms with van der Waals surface area (Å²) in [7, 11) is 0. The molecule has 0 radical (unpaired) electrons. The quantitative estimate of drug-likeness (QED) is 0.787. The first-order valence-corrected chi connectivity index (χ1v) is 7.13. The molecule has 2 aromatic heterocycles. The van der Waals surface area contributed by atoms with Crippen molar-refractivity contribution in [2.45, 2.75) is 19.5 Å². The third-order valence-electron chi connectivity index (χ3n) is 3.40. The zero-order valence-corrected chi connectivity index (χ0v) is 12.3. The van der Waals surface area contributed by atoms with Crippen molar-refractivity contribution in [2.75, 3.05) is 0 Å². The topological polar surface area (TPSA) is 60.1 Å². The van der Waals surface area contributed by atoms with Crippen LogP contribution in [0.2, 0.25) is 0 Å². The maximum atomic E-state index is 12.2. The molecule has 1 N–H and O–H groups in total. The van der Waals surface area contributed by atoms with Gasteiger partial charge in [-0.25, -0.2) is 0 Å². The standard InChI is InChI=1S/C17H17N3O2/c1-13(16-8-5-9-22-16)19-17(21)15-10-18-20(12-15)11-14-6-3-2-4-7-14/h2-10,12-13H,11H2,1H3,(H,19,21)/t13-/m0/s1. The number of carbonyl (C=O) groups excluding carboxylic acids is 1. The van der Waals surface area contributed by atoms with Gasteiger partial charge in [-0.15, -0.1) is 0 Å². The lowest BCUT2D eigenvalue weighted by Gasteiger charge is -2.10. The van der Waals surface area contributed by atoms with E-state index in [2.05, 4.69) is 10.4 Å². The van der Waals surface area contributed by atoms with Crippen molar-refractivity contribution < 1.29 is 9.21 Å². The van der Waals surface area contributed by atoms with Crippen LogP contribution in [-0.2, 0) is 6.54 Å². The molecule has 2 heterocycles. The van der Waals surface area contributed by atoms with E-state index in [1.807, 2.05) is 43.3 Å². The third kappa shape index (κ3) is 3.25. The largest absolute Gasteiger partial charge is 0.467 e. The summed E-state index contributed by atoms with van der Waals surface area (Å²) in [6.45, 7) is 2.52. The van der Waals surface area contributed by atoms with E-state index in [1.165, 1.54) is 0 Å². The highest BCUT2D eigenvalue weighted by molar-refractivity contribution is 5.93. The number of amides is 1. The molecule has 0 saturated carbocycles. The van der Waals surface area contributed by atoms with Gasteiger partial charge in [-0.2, -0.15) is 5.10 Å². The number of aromatic nitrogens is 2. The Morgan fingerprint density at radius 2 is 2.09 bits per heavy atom. The van der Waals surface area contributed by atoms with Crippen LogP contribution in [-0.4, -0.2) is 15.7 Å². The molecule has 0 aliphatic heterocycles. The highest BCUT2D eigenvalue weighted by Gasteiger charge is 2.14. The molecule has 3 rings (SSSR count). The van der Waals surface area contributed by atoms with Crippen molar-refractivity contribution in [1.82, 2.24) is 15.1 Å². The lowest BCUT2D eigenvalue weighted by atomic mass is 10.2. The van der Waals surface area contributed by atoms with Crippen molar-refractivity contribution in [2.24, 2.45) is 0 Å². The van der Waals surface area contributed by atoms with Crippen LogP contribution in [0.15, 0.2) is 65.5 Å². The van der Waals surface area contributed by atoms with Crippen LogP contribution in [0.25, 0.3) is 0 Å². The fourth-order valence-electron chi connectivity index (χ4n) is 2.23. The van der Waals surface area contributed by atoms with E-state index >= 15 is 0 Å². The van der Waals surface area contributed by atoms with E-state index in [-0.39, 0.29) is 11.9 Å². The number of furan rings is 1. The molecule has 22 heavy (non-hydrogen) atoms. The smallest absolute Gasteiger partial charge is 0.255 e. The Kier molecular flexibility index (Phi) is 4.05. The summed E-state index contributed by atoms with van der Waals surface area (Å²) in [5.74, 6) is 0.563. The molecule has 1 amide bonds. The number of benzene rings is 1. The second kappa shape index (κ2) is 6.30. The molecule has 112 valence electrons. The summed E-state index contributed by atoms with van der Waals surface area (Å²) in [5, 5.41) is 7.12. The molecule has 3 aromatic rings. The summed E-state index contributed by atoms with van der Waals surface area (Å²) in [6.07, 6.45) is 4.92. The van der Waals surface area contributed by atoms with Gasteiger partial charge >= 0.3 is 0 Å². The van der Waals surface area contributed by atoms with Gasteiger partial charge in [0.1, 0.15) is 5.76 Å². The van der Waals surface area contributed by atoms with E-state index in [0.29, 0.717) is 12.1 Å². The molecule has 0 fully saturated rings. The molecule has 5 nitrogen and oxygen atoms in total. The molecule has 1 atom stereocenters. The Balaban J connectivity index is 1.64. The normalized spacial score (nSPS) is 12.0. The molecule has 1 aromatic carbocycles. The van der Waals surface area contributed by atoms with Crippen LogP contribution in [0.3, 0.4) is 0 Å². The number of hydrogen-bond acceptors (Lipinski definition) is 3. The average Bonchev–Trinajstić information content (AvgIpc) is 3.19. The zero-order valence-electron chi connectivity index (χ0n) is 12.3. The lowest BCUT2D eigenvalue weighted by Crippen LogP contribution is -2.26. The predicted molar refractivity (Wildman–Crippen MR) is 82.4 cm³/mol. The zero-order chi connectivity index (χ0) is 15.4. The van der Waals surface area contributed by atoms with E-state index in [0.717, 1.165) is 11.3 Å². The van der Waals surface area contributed by atoms with E-state index < -0.39 is 0 Å². The Labute approximate surface area is 128 Å². The fraction of sp³-hybridized carbons (Fsp3) is 0.176. The lowest BCUT2D eigenvalue weighted by molar-refractivity contribution is 0.0935. The van der Waals surface area contributed by atoms with E-state index in [9.17, 15) is 4.79 Å². The van der Waals surface area contributed by atoms with Crippen molar-refractivity contribution in [1.29, 1.82) is 0 Å². The van der Waals surface area contributed by atoms with Gasteiger partial charge in [-0.05, 0) is 24.6 Å². The summed E-state index contributed by atoms with van der Waals surface area (Å²) in [5.41, 5.74) is 1.68. The molecule has 0 saturated heterocycles. The molecule has 0 aliphatic carbocycles. The van der Waals surface area contributed by atoms with Crippen molar-refractivity contribution >= 4 is 5.91 Å². The second-order valence-corrected chi connectivity index (χ2v) is 5.12. The van der Waals surface area contributed by atoms with Gasteiger partial charge in [0.05, 0.1) is 30.6 Å². The van der Waals surface area contributed by atoms with Crippen LogP contribution in [0.1, 0.15) is 34.6 Å². The molecule has 0 unspecified atom stereocenters. The molecule has 5 heteroatoms. The monoisotopic (exact) mass is 295 g/mol. The number of rotatable bonds is 5. The molecule has 0 bridgehead atoms. The highest BCUT2D eigenvalue weighted by Crippen LogP contribution is 2.13. The SMILES string of the molecule is C[C@H](NC(=O)c1cnn(Cc2ccccc2)c1)c1ccco1. The fourth-order valence-corrected chi connectivity index (χ4v) is 2.23. The van der Waals surface area contributed by atoms with Crippen LogP contribution in [0, 0.1) is 0 Å². The van der Waals surface area contributed by atoms with Gasteiger partial charge in [-0.1, -0.05) is 30.3 Å². The van der Waals surface area contributed by atoms with Crippen LogP contribution in [0.5, 0.6) is 0 Å². The second-order valence-electron chi connectivity index (χ2n) is 5.12.